The topological polar surface area (TPSA) is 55.1 Å². The van der Waals surface area contributed by atoms with Crippen LogP contribution in [0, 0.1) is 0 Å². The maximum absolute atomic E-state index is 11.4. The Bertz CT molecular complexity index is 422. The first-order chi connectivity index (χ1) is 8.24. The summed E-state index contributed by atoms with van der Waals surface area (Å²) in [7, 11) is 0. The van der Waals surface area contributed by atoms with Crippen molar-refractivity contribution in [1.82, 2.24) is 5.32 Å². The van der Waals surface area contributed by atoms with E-state index >= 15 is 0 Å². The van der Waals surface area contributed by atoms with Gasteiger partial charge in [-0.2, -0.15) is 0 Å². The number of nitrogens with one attached hydrogen (secondary N) is 1. The summed E-state index contributed by atoms with van der Waals surface area (Å²) in [5.74, 6) is 0.890. The standard InChI is InChI=1S/C14H18N2O/c15-12-7-8-13(17)16-14(12)11-5-3-10(4-6-11)9-1-2-9/h3-6,9,12,14H,1-2,7-8,15H2,(H,16,17). The molecule has 1 saturated carbocycles. The fourth-order valence-corrected chi connectivity index (χ4v) is 2.54. The number of nitrogens with two attached hydrogens (primary N) is 1. The summed E-state index contributed by atoms with van der Waals surface area (Å²) in [6.45, 7) is 0. The van der Waals surface area contributed by atoms with Gasteiger partial charge < -0.3 is 11.1 Å². The summed E-state index contributed by atoms with van der Waals surface area (Å²) < 4.78 is 0. The van der Waals surface area contributed by atoms with E-state index in [2.05, 4.69) is 29.6 Å². The molecule has 1 aliphatic carbocycles. The Morgan fingerprint density at radius 3 is 2.35 bits per heavy atom. The summed E-state index contributed by atoms with van der Waals surface area (Å²) in [5.41, 5.74) is 8.62. The smallest absolute Gasteiger partial charge is 0.220 e. The van der Waals surface area contributed by atoms with Crippen LogP contribution < -0.4 is 11.1 Å². The normalized spacial score (nSPS) is 28.9. The predicted molar refractivity (Wildman–Crippen MR) is 66.5 cm³/mol. The van der Waals surface area contributed by atoms with Gasteiger partial charge in [-0.1, -0.05) is 24.3 Å². The van der Waals surface area contributed by atoms with Crippen molar-refractivity contribution in [3.05, 3.63) is 35.4 Å². The SMILES string of the molecule is NC1CCC(=O)NC1c1ccc(C2CC2)cc1. The zero-order valence-electron chi connectivity index (χ0n) is 9.86. The van der Waals surface area contributed by atoms with E-state index in [0.717, 1.165) is 17.9 Å². The molecule has 2 fully saturated rings. The number of benzene rings is 1. The zero-order valence-corrected chi connectivity index (χ0v) is 9.86. The lowest BCUT2D eigenvalue weighted by Gasteiger charge is -2.30. The van der Waals surface area contributed by atoms with Crippen LogP contribution in [0.15, 0.2) is 24.3 Å². The Kier molecular flexibility index (Phi) is 2.63. The lowest BCUT2D eigenvalue weighted by molar-refractivity contribution is -0.123. The van der Waals surface area contributed by atoms with Crippen LogP contribution in [0.2, 0.25) is 0 Å². The number of hydrogen-bond donors (Lipinski definition) is 2. The predicted octanol–water partition coefficient (Wildman–Crippen LogP) is 1.84. The van der Waals surface area contributed by atoms with Gasteiger partial charge >= 0.3 is 0 Å². The van der Waals surface area contributed by atoms with Gasteiger partial charge in [-0.15, -0.1) is 0 Å². The van der Waals surface area contributed by atoms with Gasteiger partial charge in [0.1, 0.15) is 0 Å². The van der Waals surface area contributed by atoms with Gasteiger partial charge in [0.2, 0.25) is 5.91 Å². The zero-order chi connectivity index (χ0) is 11.8. The number of amides is 1. The summed E-state index contributed by atoms with van der Waals surface area (Å²) in [4.78, 5) is 11.4. The molecule has 2 aliphatic rings. The molecule has 3 rings (SSSR count). The van der Waals surface area contributed by atoms with Crippen molar-refractivity contribution in [3.8, 4) is 0 Å². The van der Waals surface area contributed by atoms with E-state index in [1.54, 1.807) is 0 Å². The van der Waals surface area contributed by atoms with Gasteiger partial charge in [-0.25, -0.2) is 0 Å². The first kappa shape index (κ1) is 10.8. The van der Waals surface area contributed by atoms with Gasteiger partial charge in [0.15, 0.2) is 0 Å². The molecule has 1 aliphatic heterocycles. The minimum Gasteiger partial charge on any atom is -0.348 e. The molecular weight excluding hydrogens is 212 g/mol. The molecule has 1 aromatic rings. The Balaban J connectivity index is 1.79. The second-order valence-electron chi connectivity index (χ2n) is 5.19. The van der Waals surface area contributed by atoms with E-state index in [1.807, 2.05) is 0 Å². The van der Waals surface area contributed by atoms with Gasteiger partial charge in [0, 0.05) is 12.5 Å². The fourth-order valence-electron chi connectivity index (χ4n) is 2.54. The molecule has 90 valence electrons. The van der Waals surface area contributed by atoms with Crippen molar-refractivity contribution in [2.45, 2.75) is 43.7 Å². The van der Waals surface area contributed by atoms with E-state index < -0.39 is 0 Å². The van der Waals surface area contributed by atoms with E-state index in [9.17, 15) is 4.79 Å². The second kappa shape index (κ2) is 4.15. The molecule has 0 radical (unpaired) electrons. The number of rotatable bonds is 2. The van der Waals surface area contributed by atoms with Gasteiger partial charge in [0.05, 0.1) is 6.04 Å². The highest BCUT2D eigenvalue weighted by atomic mass is 16.1. The van der Waals surface area contributed by atoms with Gasteiger partial charge in [0.25, 0.3) is 0 Å². The van der Waals surface area contributed by atoms with Crippen LogP contribution in [-0.2, 0) is 4.79 Å². The largest absolute Gasteiger partial charge is 0.348 e. The van der Waals surface area contributed by atoms with Crippen molar-refractivity contribution in [2.75, 3.05) is 0 Å². The molecule has 3 nitrogen and oxygen atoms in total. The maximum atomic E-state index is 11.4. The van der Waals surface area contributed by atoms with Crippen molar-refractivity contribution < 1.29 is 4.79 Å². The van der Waals surface area contributed by atoms with E-state index in [4.69, 9.17) is 5.73 Å². The number of carbonyl (C=O) groups is 1. The molecule has 0 bridgehead atoms. The maximum Gasteiger partial charge on any atom is 0.220 e. The number of carbonyl (C=O) groups excluding carboxylic acids is 1. The highest BCUT2D eigenvalue weighted by molar-refractivity contribution is 5.77. The van der Waals surface area contributed by atoms with Crippen molar-refractivity contribution >= 4 is 5.91 Å². The fraction of sp³-hybridized carbons (Fsp3) is 0.500. The Morgan fingerprint density at radius 2 is 1.71 bits per heavy atom. The van der Waals surface area contributed by atoms with Crippen LogP contribution in [0.1, 0.15) is 48.8 Å². The number of piperidine rings is 1. The third kappa shape index (κ3) is 2.20. The van der Waals surface area contributed by atoms with Crippen LogP contribution in [0.5, 0.6) is 0 Å². The van der Waals surface area contributed by atoms with E-state index in [1.165, 1.54) is 18.4 Å². The highest BCUT2D eigenvalue weighted by Gasteiger charge is 2.28. The minimum absolute atomic E-state index is 0.00972. The summed E-state index contributed by atoms with van der Waals surface area (Å²) in [5, 5.41) is 2.98. The Hall–Kier alpha value is -1.35. The van der Waals surface area contributed by atoms with E-state index in [0.29, 0.717) is 6.42 Å². The summed E-state index contributed by atoms with van der Waals surface area (Å²) in [6.07, 6.45) is 3.97. The van der Waals surface area contributed by atoms with Crippen molar-refractivity contribution in [3.63, 3.8) is 0 Å². The highest BCUT2D eigenvalue weighted by Crippen LogP contribution is 2.40. The second-order valence-corrected chi connectivity index (χ2v) is 5.19. The van der Waals surface area contributed by atoms with Crippen LogP contribution in [0.4, 0.5) is 0 Å². The third-order valence-corrected chi connectivity index (χ3v) is 3.79. The van der Waals surface area contributed by atoms with E-state index in [-0.39, 0.29) is 18.0 Å². The molecule has 3 N–H and O–H groups in total. The first-order valence-corrected chi connectivity index (χ1v) is 6.39. The lowest BCUT2D eigenvalue weighted by Crippen LogP contribution is -2.45. The van der Waals surface area contributed by atoms with Crippen LogP contribution in [0.25, 0.3) is 0 Å². The minimum atomic E-state index is -0.00972. The monoisotopic (exact) mass is 230 g/mol. The molecule has 17 heavy (non-hydrogen) atoms. The van der Waals surface area contributed by atoms with Crippen molar-refractivity contribution in [2.24, 2.45) is 5.73 Å². The molecule has 0 spiro atoms. The molecule has 0 aromatic heterocycles. The average Bonchev–Trinajstić information content (AvgIpc) is 3.17. The molecular formula is C14H18N2O. The van der Waals surface area contributed by atoms with Crippen LogP contribution in [-0.4, -0.2) is 11.9 Å². The average molecular weight is 230 g/mol. The molecule has 1 saturated heterocycles. The Labute approximate surface area is 101 Å². The Morgan fingerprint density at radius 1 is 1.06 bits per heavy atom. The summed E-state index contributed by atoms with van der Waals surface area (Å²) >= 11 is 0. The van der Waals surface area contributed by atoms with Crippen LogP contribution >= 0.6 is 0 Å². The van der Waals surface area contributed by atoms with Gasteiger partial charge in [-0.05, 0) is 36.3 Å². The van der Waals surface area contributed by atoms with Gasteiger partial charge in [-0.3, -0.25) is 4.79 Å². The first-order valence-electron chi connectivity index (χ1n) is 6.39. The van der Waals surface area contributed by atoms with Crippen LogP contribution in [0.3, 0.4) is 0 Å². The molecule has 1 heterocycles. The molecule has 2 unspecified atom stereocenters. The summed E-state index contributed by atoms with van der Waals surface area (Å²) in [6, 6.07) is 8.62. The molecule has 1 amide bonds. The number of hydrogen-bond acceptors (Lipinski definition) is 2. The van der Waals surface area contributed by atoms with Crippen molar-refractivity contribution in [1.29, 1.82) is 0 Å². The molecule has 2 atom stereocenters. The lowest BCUT2D eigenvalue weighted by atomic mass is 9.92. The molecule has 3 heteroatoms. The third-order valence-electron chi connectivity index (χ3n) is 3.79. The molecule has 1 aromatic carbocycles. The quantitative estimate of drug-likeness (QED) is 0.814.